The Morgan fingerprint density at radius 1 is 0.870 bits per heavy atom. The van der Waals surface area contributed by atoms with Gasteiger partial charge in [-0.3, -0.25) is 4.79 Å². The molecule has 1 amide bonds. The van der Waals surface area contributed by atoms with Crippen LogP contribution in [0.1, 0.15) is 6.92 Å². The lowest BCUT2D eigenvalue weighted by Crippen LogP contribution is -2.46. The number of nitrogens with one attached hydrogen (secondary N) is 1. The van der Waals surface area contributed by atoms with Gasteiger partial charge < -0.3 is 20.2 Å². The van der Waals surface area contributed by atoms with Crippen molar-refractivity contribution in [3.8, 4) is 5.75 Å². The molecule has 1 heterocycles. The summed E-state index contributed by atoms with van der Waals surface area (Å²) in [6, 6.07) is 15.3. The zero-order valence-electron chi connectivity index (χ0n) is 13.2. The van der Waals surface area contributed by atoms with Gasteiger partial charge in [-0.2, -0.15) is 0 Å². The lowest BCUT2D eigenvalue weighted by Gasteiger charge is -2.37. The van der Waals surface area contributed by atoms with Crippen molar-refractivity contribution in [2.45, 2.75) is 6.92 Å². The molecule has 5 heteroatoms. The van der Waals surface area contributed by atoms with Crippen LogP contribution in [0, 0.1) is 0 Å². The van der Waals surface area contributed by atoms with Gasteiger partial charge in [0.25, 0.3) is 0 Å². The van der Waals surface area contributed by atoms with E-state index in [-0.39, 0.29) is 5.91 Å². The molecule has 0 aliphatic carbocycles. The van der Waals surface area contributed by atoms with E-state index in [1.807, 2.05) is 36.4 Å². The molecule has 23 heavy (non-hydrogen) atoms. The van der Waals surface area contributed by atoms with Crippen molar-refractivity contribution in [1.82, 2.24) is 0 Å². The van der Waals surface area contributed by atoms with E-state index in [0.29, 0.717) is 5.75 Å². The third-order valence-corrected chi connectivity index (χ3v) is 4.05. The van der Waals surface area contributed by atoms with E-state index in [2.05, 4.69) is 15.1 Å². The number of phenols is 1. The molecule has 3 rings (SSSR count). The van der Waals surface area contributed by atoms with E-state index >= 15 is 0 Å². The van der Waals surface area contributed by atoms with Crippen molar-refractivity contribution in [1.29, 1.82) is 0 Å². The highest BCUT2D eigenvalue weighted by Crippen LogP contribution is 2.23. The van der Waals surface area contributed by atoms with Crippen molar-refractivity contribution >= 4 is 23.0 Å². The number of hydrogen-bond donors (Lipinski definition) is 2. The van der Waals surface area contributed by atoms with Crippen molar-refractivity contribution < 1.29 is 9.90 Å². The Morgan fingerprint density at radius 2 is 1.30 bits per heavy atom. The molecule has 120 valence electrons. The minimum Gasteiger partial charge on any atom is -0.508 e. The maximum atomic E-state index is 11.0. The van der Waals surface area contributed by atoms with Crippen LogP contribution in [0.5, 0.6) is 5.75 Å². The number of piperazine rings is 1. The normalized spacial score (nSPS) is 14.7. The predicted molar refractivity (Wildman–Crippen MR) is 93.3 cm³/mol. The second-order valence-electron chi connectivity index (χ2n) is 5.72. The predicted octanol–water partition coefficient (Wildman–Crippen LogP) is 2.68. The van der Waals surface area contributed by atoms with E-state index in [9.17, 15) is 9.90 Å². The van der Waals surface area contributed by atoms with Gasteiger partial charge >= 0.3 is 0 Å². The van der Waals surface area contributed by atoms with Crippen molar-refractivity contribution in [3.05, 3.63) is 48.5 Å². The highest BCUT2D eigenvalue weighted by atomic mass is 16.3. The van der Waals surface area contributed by atoms with Crippen molar-refractivity contribution in [3.63, 3.8) is 0 Å². The largest absolute Gasteiger partial charge is 0.508 e. The zero-order valence-corrected chi connectivity index (χ0v) is 13.2. The first kappa shape index (κ1) is 15.2. The average molecular weight is 311 g/mol. The van der Waals surface area contributed by atoms with Crippen LogP contribution in [0.3, 0.4) is 0 Å². The Balaban J connectivity index is 1.60. The number of phenolic OH excluding ortho intramolecular Hbond substituents is 1. The Labute approximate surface area is 136 Å². The third-order valence-electron chi connectivity index (χ3n) is 4.05. The fourth-order valence-corrected chi connectivity index (χ4v) is 2.85. The summed E-state index contributed by atoms with van der Waals surface area (Å²) in [5, 5.41) is 12.2. The summed E-state index contributed by atoms with van der Waals surface area (Å²) in [6.07, 6.45) is 0. The van der Waals surface area contributed by atoms with Crippen molar-refractivity contribution in [2.75, 3.05) is 41.3 Å². The number of rotatable bonds is 3. The number of aromatic hydroxyl groups is 1. The Bertz CT molecular complexity index is 660. The summed E-state index contributed by atoms with van der Waals surface area (Å²) in [7, 11) is 0. The first-order chi connectivity index (χ1) is 11.1. The van der Waals surface area contributed by atoms with Crippen LogP contribution in [0.25, 0.3) is 0 Å². The molecular formula is C18H21N3O2. The number of carbonyl (C=O) groups excluding carboxylic acids is 1. The summed E-state index contributed by atoms with van der Waals surface area (Å²) in [5.74, 6) is 0.243. The van der Waals surface area contributed by atoms with Crippen LogP contribution in [-0.2, 0) is 4.79 Å². The first-order valence-electron chi connectivity index (χ1n) is 7.78. The minimum atomic E-state index is -0.0553. The van der Waals surface area contributed by atoms with Gasteiger partial charge in [-0.25, -0.2) is 0 Å². The molecule has 2 N–H and O–H groups in total. The standard InChI is InChI=1S/C18H21N3O2/c1-14(22)19-15-2-4-16(5-3-15)20-10-12-21(13-11-20)17-6-8-18(23)9-7-17/h2-9,23H,10-13H2,1H3,(H,19,22). The molecule has 0 atom stereocenters. The molecule has 5 nitrogen and oxygen atoms in total. The topological polar surface area (TPSA) is 55.8 Å². The molecule has 1 aliphatic rings. The molecule has 0 spiro atoms. The highest BCUT2D eigenvalue weighted by molar-refractivity contribution is 5.88. The number of nitrogens with zero attached hydrogens (tertiary/aromatic N) is 2. The fourth-order valence-electron chi connectivity index (χ4n) is 2.85. The Morgan fingerprint density at radius 3 is 1.74 bits per heavy atom. The molecule has 0 unspecified atom stereocenters. The zero-order chi connectivity index (χ0) is 16.2. The maximum absolute atomic E-state index is 11.0. The van der Waals surface area contributed by atoms with Gasteiger partial charge in [0.1, 0.15) is 5.75 Å². The maximum Gasteiger partial charge on any atom is 0.221 e. The number of benzene rings is 2. The van der Waals surface area contributed by atoms with Gasteiger partial charge in [0.05, 0.1) is 0 Å². The van der Waals surface area contributed by atoms with E-state index in [4.69, 9.17) is 0 Å². The molecule has 0 bridgehead atoms. The lowest BCUT2D eigenvalue weighted by atomic mass is 10.2. The van der Waals surface area contributed by atoms with Gasteiger partial charge in [0.2, 0.25) is 5.91 Å². The number of anilines is 3. The van der Waals surface area contributed by atoms with Gasteiger partial charge in [0.15, 0.2) is 0 Å². The quantitative estimate of drug-likeness (QED) is 0.915. The van der Waals surface area contributed by atoms with Crippen LogP contribution in [0.4, 0.5) is 17.1 Å². The van der Waals surface area contributed by atoms with E-state index in [1.54, 1.807) is 12.1 Å². The Kier molecular flexibility index (Phi) is 4.37. The molecule has 0 saturated carbocycles. The van der Waals surface area contributed by atoms with Gasteiger partial charge in [-0.1, -0.05) is 0 Å². The first-order valence-corrected chi connectivity index (χ1v) is 7.78. The lowest BCUT2D eigenvalue weighted by molar-refractivity contribution is -0.114. The summed E-state index contributed by atoms with van der Waals surface area (Å²) in [5.41, 5.74) is 3.14. The molecule has 1 fully saturated rings. The number of carbonyl (C=O) groups is 1. The average Bonchev–Trinajstić information content (AvgIpc) is 2.56. The molecule has 0 radical (unpaired) electrons. The summed E-state index contributed by atoms with van der Waals surface area (Å²) in [6.45, 7) is 5.29. The smallest absolute Gasteiger partial charge is 0.221 e. The molecule has 2 aromatic carbocycles. The molecule has 0 aromatic heterocycles. The van der Waals surface area contributed by atoms with Crippen LogP contribution in [0.15, 0.2) is 48.5 Å². The summed E-state index contributed by atoms with van der Waals surface area (Å²) >= 11 is 0. The molecule has 1 saturated heterocycles. The van der Waals surface area contributed by atoms with Gasteiger partial charge in [-0.15, -0.1) is 0 Å². The second kappa shape index (κ2) is 6.60. The summed E-state index contributed by atoms with van der Waals surface area (Å²) in [4.78, 5) is 15.7. The SMILES string of the molecule is CC(=O)Nc1ccc(N2CCN(c3ccc(O)cc3)CC2)cc1. The second-order valence-corrected chi connectivity index (χ2v) is 5.72. The minimum absolute atomic E-state index is 0.0553. The number of hydrogen-bond acceptors (Lipinski definition) is 4. The fraction of sp³-hybridized carbons (Fsp3) is 0.278. The van der Waals surface area contributed by atoms with Crippen LogP contribution >= 0.6 is 0 Å². The Hall–Kier alpha value is -2.69. The molecule has 1 aliphatic heterocycles. The van der Waals surface area contributed by atoms with E-state index in [0.717, 1.165) is 37.6 Å². The highest BCUT2D eigenvalue weighted by Gasteiger charge is 2.17. The monoisotopic (exact) mass is 311 g/mol. The van der Waals surface area contributed by atoms with E-state index < -0.39 is 0 Å². The molecule has 2 aromatic rings. The van der Waals surface area contributed by atoms with Crippen LogP contribution in [-0.4, -0.2) is 37.2 Å². The van der Waals surface area contributed by atoms with Gasteiger partial charge in [0, 0.05) is 50.2 Å². The molecular weight excluding hydrogens is 290 g/mol. The number of amides is 1. The van der Waals surface area contributed by atoms with Crippen LogP contribution < -0.4 is 15.1 Å². The van der Waals surface area contributed by atoms with E-state index in [1.165, 1.54) is 12.6 Å². The van der Waals surface area contributed by atoms with Crippen molar-refractivity contribution in [2.24, 2.45) is 0 Å². The van der Waals surface area contributed by atoms with Gasteiger partial charge in [-0.05, 0) is 48.5 Å². The van der Waals surface area contributed by atoms with Crippen LogP contribution in [0.2, 0.25) is 0 Å². The summed E-state index contributed by atoms with van der Waals surface area (Å²) < 4.78 is 0. The third kappa shape index (κ3) is 3.74.